The molecule has 2 N–H and O–H groups in total. The monoisotopic (exact) mass is 323 g/mol. The molecule has 0 bridgehead atoms. The first kappa shape index (κ1) is 16.1. The average Bonchev–Trinajstić information content (AvgIpc) is 2.99. The molecule has 0 spiro atoms. The van der Waals surface area contributed by atoms with Gasteiger partial charge in [-0.3, -0.25) is 9.59 Å². The number of anilines is 3. The van der Waals surface area contributed by atoms with Crippen LogP contribution in [0.15, 0.2) is 54.6 Å². The van der Waals surface area contributed by atoms with Gasteiger partial charge in [-0.25, -0.2) is 0 Å². The molecule has 0 aromatic heterocycles. The maximum Gasteiger partial charge on any atom is 0.229 e. The zero-order valence-electron chi connectivity index (χ0n) is 13.7. The SMILES string of the molecule is CCN1CC(C(=O)Nc2ccc(Nc3ccccc3)cc2)CC1=O. The third-order valence-electron chi connectivity index (χ3n) is 4.18. The highest BCUT2D eigenvalue weighted by Crippen LogP contribution is 2.22. The molecule has 1 aliphatic heterocycles. The third kappa shape index (κ3) is 3.74. The molecule has 3 rings (SSSR count). The van der Waals surface area contributed by atoms with Crippen molar-refractivity contribution >= 4 is 28.9 Å². The molecule has 0 aliphatic carbocycles. The summed E-state index contributed by atoms with van der Waals surface area (Å²) in [6.07, 6.45) is 0.299. The summed E-state index contributed by atoms with van der Waals surface area (Å²) in [6.45, 7) is 3.09. The minimum Gasteiger partial charge on any atom is -0.356 e. The van der Waals surface area contributed by atoms with Gasteiger partial charge in [-0.05, 0) is 43.3 Å². The van der Waals surface area contributed by atoms with Crippen molar-refractivity contribution in [3.63, 3.8) is 0 Å². The molecular formula is C19H21N3O2. The number of nitrogens with zero attached hydrogens (tertiary/aromatic N) is 1. The van der Waals surface area contributed by atoms with Gasteiger partial charge in [0, 0.05) is 36.6 Å². The minimum absolute atomic E-state index is 0.0556. The highest BCUT2D eigenvalue weighted by Gasteiger charge is 2.33. The Bertz CT molecular complexity index is 713. The van der Waals surface area contributed by atoms with E-state index >= 15 is 0 Å². The second-order valence-corrected chi connectivity index (χ2v) is 5.89. The fraction of sp³-hybridized carbons (Fsp3) is 0.263. The largest absolute Gasteiger partial charge is 0.356 e. The van der Waals surface area contributed by atoms with Crippen LogP contribution >= 0.6 is 0 Å². The number of carbonyl (C=O) groups excluding carboxylic acids is 2. The van der Waals surface area contributed by atoms with Crippen molar-refractivity contribution in [2.75, 3.05) is 23.7 Å². The van der Waals surface area contributed by atoms with Gasteiger partial charge in [0.2, 0.25) is 11.8 Å². The van der Waals surface area contributed by atoms with Crippen LogP contribution in [0.2, 0.25) is 0 Å². The van der Waals surface area contributed by atoms with E-state index in [0.29, 0.717) is 19.5 Å². The van der Waals surface area contributed by atoms with E-state index in [-0.39, 0.29) is 17.7 Å². The zero-order chi connectivity index (χ0) is 16.9. The Morgan fingerprint density at radius 1 is 1.04 bits per heavy atom. The number of carbonyl (C=O) groups is 2. The minimum atomic E-state index is -0.264. The van der Waals surface area contributed by atoms with Gasteiger partial charge in [0.1, 0.15) is 0 Å². The number of amides is 2. The molecule has 24 heavy (non-hydrogen) atoms. The van der Waals surface area contributed by atoms with Gasteiger partial charge >= 0.3 is 0 Å². The molecule has 124 valence electrons. The quantitative estimate of drug-likeness (QED) is 0.888. The van der Waals surface area contributed by atoms with E-state index in [1.807, 2.05) is 61.5 Å². The standard InChI is InChI=1S/C19H21N3O2/c1-2-22-13-14(12-18(22)23)19(24)21-17-10-8-16(9-11-17)20-15-6-4-3-5-7-15/h3-11,14,20H,2,12-13H2,1H3,(H,21,24). The summed E-state index contributed by atoms with van der Waals surface area (Å²) < 4.78 is 0. The number of para-hydroxylation sites is 1. The molecule has 5 heteroatoms. The molecule has 1 fully saturated rings. The van der Waals surface area contributed by atoms with Crippen LogP contribution < -0.4 is 10.6 Å². The van der Waals surface area contributed by atoms with E-state index in [1.165, 1.54) is 0 Å². The molecule has 2 aromatic rings. The fourth-order valence-electron chi connectivity index (χ4n) is 2.82. The van der Waals surface area contributed by atoms with Crippen LogP contribution in [0.3, 0.4) is 0 Å². The lowest BCUT2D eigenvalue weighted by atomic mass is 10.1. The molecule has 1 unspecified atom stereocenters. The first-order valence-corrected chi connectivity index (χ1v) is 8.16. The molecule has 1 heterocycles. The number of likely N-dealkylation sites (tertiary alicyclic amines) is 1. The third-order valence-corrected chi connectivity index (χ3v) is 4.18. The molecule has 5 nitrogen and oxygen atoms in total. The lowest BCUT2D eigenvalue weighted by Gasteiger charge is -2.14. The topological polar surface area (TPSA) is 61.4 Å². The van der Waals surface area contributed by atoms with Gasteiger partial charge in [-0.2, -0.15) is 0 Å². The normalized spacial score (nSPS) is 17.0. The summed E-state index contributed by atoms with van der Waals surface area (Å²) >= 11 is 0. The van der Waals surface area contributed by atoms with Crippen molar-refractivity contribution in [3.05, 3.63) is 54.6 Å². The summed E-state index contributed by atoms with van der Waals surface area (Å²) in [6, 6.07) is 17.4. The van der Waals surface area contributed by atoms with Gasteiger partial charge in [0.25, 0.3) is 0 Å². The molecule has 0 saturated carbocycles. The van der Waals surface area contributed by atoms with Crippen molar-refractivity contribution < 1.29 is 9.59 Å². The summed E-state index contributed by atoms with van der Waals surface area (Å²) in [4.78, 5) is 25.7. The molecule has 1 saturated heterocycles. The number of benzene rings is 2. The van der Waals surface area contributed by atoms with Gasteiger partial charge in [0.05, 0.1) is 5.92 Å². The predicted octanol–water partition coefficient (Wildman–Crippen LogP) is 3.24. The maximum absolute atomic E-state index is 12.3. The Morgan fingerprint density at radius 3 is 2.29 bits per heavy atom. The number of rotatable bonds is 5. The number of nitrogens with one attached hydrogen (secondary N) is 2. The Morgan fingerprint density at radius 2 is 1.67 bits per heavy atom. The van der Waals surface area contributed by atoms with Crippen LogP contribution in [-0.4, -0.2) is 29.8 Å². The predicted molar refractivity (Wildman–Crippen MR) is 95.2 cm³/mol. The summed E-state index contributed by atoms with van der Waals surface area (Å²) in [5, 5.41) is 6.19. The second kappa shape index (κ2) is 7.17. The van der Waals surface area contributed by atoms with Crippen molar-refractivity contribution in [3.8, 4) is 0 Å². The van der Waals surface area contributed by atoms with Gasteiger partial charge in [0.15, 0.2) is 0 Å². The highest BCUT2D eigenvalue weighted by molar-refractivity contribution is 5.97. The van der Waals surface area contributed by atoms with Crippen LogP contribution in [0, 0.1) is 5.92 Å². The van der Waals surface area contributed by atoms with E-state index in [2.05, 4.69) is 10.6 Å². The van der Waals surface area contributed by atoms with E-state index < -0.39 is 0 Å². The van der Waals surface area contributed by atoms with E-state index in [9.17, 15) is 9.59 Å². The second-order valence-electron chi connectivity index (χ2n) is 5.89. The maximum atomic E-state index is 12.3. The van der Waals surface area contributed by atoms with Gasteiger partial charge < -0.3 is 15.5 Å². The highest BCUT2D eigenvalue weighted by atomic mass is 16.2. The van der Waals surface area contributed by atoms with Crippen molar-refractivity contribution in [1.29, 1.82) is 0 Å². The molecule has 1 atom stereocenters. The molecule has 0 radical (unpaired) electrons. The van der Waals surface area contributed by atoms with Crippen LogP contribution in [0.5, 0.6) is 0 Å². The van der Waals surface area contributed by atoms with Crippen molar-refractivity contribution in [1.82, 2.24) is 4.90 Å². The summed E-state index contributed by atoms with van der Waals surface area (Å²) in [7, 11) is 0. The summed E-state index contributed by atoms with van der Waals surface area (Å²) in [5.74, 6) is -0.303. The average molecular weight is 323 g/mol. The number of hydrogen-bond acceptors (Lipinski definition) is 3. The Hall–Kier alpha value is -2.82. The lowest BCUT2D eigenvalue weighted by molar-refractivity contribution is -0.128. The van der Waals surface area contributed by atoms with Crippen LogP contribution in [0.25, 0.3) is 0 Å². The zero-order valence-corrected chi connectivity index (χ0v) is 13.7. The summed E-state index contributed by atoms with van der Waals surface area (Å²) in [5.41, 5.74) is 2.70. The van der Waals surface area contributed by atoms with Crippen LogP contribution in [-0.2, 0) is 9.59 Å². The first-order chi connectivity index (χ1) is 11.7. The van der Waals surface area contributed by atoms with Gasteiger partial charge in [-0.1, -0.05) is 18.2 Å². The van der Waals surface area contributed by atoms with Crippen molar-refractivity contribution in [2.45, 2.75) is 13.3 Å². The molecule has 2 amide bonds. The Kier molecular flexibility index (Phi) is 4.79. The first-order valence-electron chi connectivity index (χ1n) is 8.16. The van der Waals surface area contributed by atoms with E-state index in [0.717, 1.165) is 17.1 Å². The van der Waals surface area contributed by atoms with E-state index in [4.69, 9.17) is 0 Å². The molecular weight excluding hydrogens is 302 g/mol. The molecule has 2 aromatic carbocycles. The van der Waals surface area contributed by atoms with Crippen LogP contribution in [0.4, 0.5) is 17.1 Å². The van der Waals surface area contributed by atoms with Gasteiger partial charge in [-0.15, -0.1) is 0 Å². The van der Waals surface area contributed by atoms with Crippen molar-refractivity contribution in [2.24, 2.45) is 5.92 Å². The Labute approximate surface area is 141 Å². The Balaban J connectivity index is 1.58. The fourth-order valence-corrected chi connectivity index (χ4v) is 2.82. The number of hydrogen-bond donors (Lipinski definition) is 2. The smallest absolute Gasteiger partial charge is 0.229 e. The van der Waals surface area contributed by atoms with Crippen LogP contribution in [0.1, 0.15) is 13.3 Å². The van der Waals surface area contributed by atoms with E-state index in [1.54, 1.807) is 4.90 Å². The molecule has 1 aliphatic rings. The lowest BCUT2D eigenvalue weighted by Crippen LogP contribution is -2.28.